The topological polar surface area (TPSA) is 0 Å². The molecule has 8 spiro atoms. The highest BCUT2D eigenvalue weighted by molar-refractivity contribution is 5.62. The number of hydrogen-bond acceptors (Lipinski definition) is 0. The van der Waals surface area contributed by atoms with Crippen molar-refractivity contribution in [2.75, 3.05) is 0 Å². The van der Waals surface area contributed by atoms with Gasteiger partial charge in [-0.3, -0.25) is 0 Å². The average molecular weight is 250 g/mol. The average Bonchev–Trinajstić information content (AvgIpc) is 3.10. The van der Waals surface area contributed by atoms with Crippen molar-refractivity contribution in [1.82, 2.24) is 0 Å². The molecule has 0 N–H and O–H groups in total. The molecule has 9 saturated carbocycles. The molecule has 6 atom stereocenters. The molecule has 0 amide bonds. The van der Waals surface area contributed by atoms with E-state index < -0.39 is 0 Å². The minimum atomic E-state index is 0.987. The van der Waals surface area contributed by atoms with Crippen LogP contribution in [0, 0.1) is 43.3 Å². The molecule has 0 saturated heterocycles. The first-order chi connectivity index (χ1) is 9.11. The highest BCUT2D eigenvalue weighted by Crippen LogP contribution is 3.21. The summed E-state index contributed by atoms with van der Waals surface area (Å²) >= 11 is 0. The van der Waals surface area contributed by atoms with Crippen molar-refractivity contribution in [2.45, 2.75) is 70.6 Å². The van der Waals surface area contributed by atoms with E-state index in [0.29, 0.717) is 0 Å². The lowest BCUT2D eigenvalue weighted by Crippen LogP contribution is -1.95. The second-order valence-electron chi connectivity index (χ2n) is 11.3. The van der Waals surface area contributed by atoms with Crippen molar-refractivity contribution in [3.63, 3.8) is 0 Å². The molecule has 98 valence electrons. The van der Waals surface area contributed by atoms with E-state index >= 15 is 0 Å². The van der Waals surface area contributed by atoms with Gasteiger partial charge in [0.05, 0.1) is 0 Å². The van der Waals surface area contributed by atoms with Gasteiger partial charge >= 0.3 is 0 Å². The van der Waals surface area contributed by atoms with Crippen molar-refractivity contribution in [3.05, 3.63) is 0 Å². The van der Waals surface area contributed by atoms with Crippen molar-refractivity contribution >= 4 is 0 Å². The summed E-state index contributed by atoms with van der Waals surface area (Å²) in [6.07, 6.45) is 18.6. The molecular weight excluding hydrogens is 228 g/mol. The van der Waals surface area contributed by atoms with Gasteiger partial charge in [-0.25, -0.2) is 0 Å². The van der Waals surface area contributed by atoms with Gasteiger partial charge in [-0.1, -0.05) is 0 Å². The van der Waals surface area contributed by atoms with E-state index in [2.05, 4.69) is 0 Å². The molecular formula is C19H22. The molecule has 0 heterocycles. The molecule has 0 radical (unpaired) electrons. The third-order valence-corrected chi connectivity index (χ3v) is 11.7. The van der Waals surface area contributed by atoms with Crippen LogP contribution < -0.4 is 0 Å². The lowest BCUT2D eigenvalue weighted by Gasteiger charge is -1.97. The Kier molecular flexibility index (Phi) is 0.664. The quantitative estimate of drug-likeness (QED) is 0.601. The van der Waals surface area contributed by atoms with Crippen LogP contribution in [0.5, 0.6) is 0 Å². The summed E-state index contributed by atoms with van der Waals surface area (Å²) < 4.78 is 0. The summed E-state index contributed by atoms with van der Waals surface area (Å²) in [6.45, 7) is 0. The maximum atomic E-state index is 1.73. The highest BCUT2D eigenvalue weighted by Gasteiger charge is 3.14. The zero-order chi connectivity index (χ0) is 11.8. The minimum absolute atomic E-state index is 0.987. The molecule has 0 aromatic heterocycles. The van der Waals surface area contributed by atoms with Crippen LogP contribution in [0.2, 0.25) is 0 Å². The first-order valence-corrected chi connectivity index (χ1v) is 9.11. The Labute approximate surface area is 114 Å². The molecule has 9 rings (SSSR count). The molecule has 6 unspecified atom stereocenters. The summed E-state index contributed by atoms with van der Waals surface area (Å²) in [6, 6.07) is 0. The van der Waals surface area contributed by atoms with Crippen molar-refractivity contribution in [1.29, 1.82) is 0 Å². The lowest BCUT2D eigenvalue weighted by molar-refractivity contribution is 0.484. The highest BCUT2D eigenvalue weighted by atomic mass is 15.2. The SMILES string of the molecule is C1CC12CC21CC12CC21CC12CC21CC12CC21CC1. The second-order valence-corrected chi connectivity index (χ2v) is 11.3. The summed E-state index contributed by atoms with van der Waals surface area (Å²) in [5.41, 5.74) is 7.95. The largest absolute Gasteiger partial charge is 0.0465 e. The Morgan fingerprint density at radius 2 is 0.632 bits per heavy atom. The molecule has 9 aliphatic carbocycles. The van der Waals surface area contributed by atoms with Crippen LogP contribution in [0.3, 0.4) is 0 Å². The first kappa shape index (κ1) is 8.44. The van der Waals surface area contributed by atoms with Gasteiger partial charge in [0.2, 0.25) is 0 Å². The summed E-state index contributed by atoms with van der Waals surface area (Å²) in [5, 5.41) is 0. The van der Waals surface area contributed by atoms with Crippen LogP contribution in [0.25, 0.3) is 0 Å². The Morgan fingerprint density at radius 1 is 0.316 bits per heavy atom. The van der Waals surface area contributed by atoms with Gasteiger partial charge in [0.25, 0.3) is 0 Å². The summed E-state index contributed by atoms with van der Waals surface area (Å²) in [4.78, 5) is 0. The van der Waals surface area contributed by atoms with Crippen LogP contribution in [-0.2, 0) is 0 Å². The zero-order valence-electron chi connectivity index (χ0n) is 11.8. The fraction of sp³-hybridized carbons (Fsp3) is 1.00. The first-order valence-electron chi connectivity index (χ1n) is 9.11. The van der Waals surface area contributed by atoms with E-state index in [1.807, 2.05) is 0 Å². The number of fused-ring (bicyclic) bond motifs is 7. The number of rotatable bonds is 0. The summed E-state index contributed by atoms with van der Waals surface area (Å²) in [5.74, 6) is 0. The van der Waals surface area contributed by atoms with E-state index in [1.165, 1.54) is 0 Å². The van der Waals surface area contributed by atoms with Crippen molar-refractivity contribution in [3.8, 4) is 0 Å². The van der Waals surface area contributed by atoms with Crippen molar-refractivity contribution < 1.29 is 0 Å². The molecule has 0 bridgehead atoms. The maximum Gasteiger partial charge on any atom is -0.0161 e. The molecule has 0 nitrogen and oxygen atoms in total. The van der Waals surface area contributed by atoms with Crippen LogP contribution in [-0.4, -0.2) is 0 Å². The monoisotopic (exact) mass is 250 g/mol. The molecule has 19 heavy (non-hydrogen) atoms. The van der Waals surface area contributed by atoms with Gasteiger partial charge in [0, 0.05) is 0 Å². The maximum absolute atomic E-state index is 1.73. The number of hydrogen-bond donors (Lipinski definition) is 0. The normalized spacial score (nSPS) is 84.6. The van der Waals surface area contributed by atoms with Gasteiger partial charge in [-0.15, -0.1) is 0 Å². The van der Waals surface area contributed by atoms with Crippen LogP contribution >= 0.6 is 0 Å². The van der Waals surface area contributed by atoms with Gasteiger partial charge in [0.1, 0.15) is 0 Å². The lowest BCUT2D eigenvalue weighted by atomic mass is 10.1. The van der Waals surface area contributed by atoms with E-state index in [1.54, 1.807) is 70.6 Å². The van der Waals surface area contributed by atoms with E-state index in [4.69, 9.17) is 0 Å². The predicted molar refractivity (Wildman–Crippen MR) is 70.3 cm³/mol. The van der Waals surface area contributed by atoms with E-state index in [-0.39, 0.29) is 0 Å². The summed E-state index contributed by atoms with van der Waals surface area (Å²) in [7, 11) is 0. The molecule has 0 aromatic rings. The third-order valence-electron chi connectivity index (χ3n) is 11.7. The van der Waals surface area contributed by atoms with Crippen molar-refractivity contribution in [2.24, 2.45) is 43.3 Å². The van der Waals surface area contributed by atoms with Gasteiger partial charge in [-0.2, -0.15) is 0 Å². The van der Waals surface area contributed by atoms with Crippen LogP contribution in [0.15, 0.2) is 0 Å². The standard InChI is InChI=1S/C19H22/c1-2-12(1)5-14(12)7-16(14)9-18(16)11-19(18)10-17(19)8-15(17)6-13(15)3-4-13/h1-11H2. The van der Waals surface area contributed by atoms with E-state index in [0.717, 1.165) is 43.3 Å². The molecule has 0 aliphatic heterocycles. The Bertz CT molecular complexity index is 624. The molecule has 0 heteroatoms. The Morgan fingerprint density at radius 3 is 0.947 bits per heavy atom. The van der Waals surface area contributed by atoms with Gasteiger partial charge in [0.15, 0.2) is 0 Å². The molecule has 9 aliphatic rings. The molecule has 0 aromatic carbocycles. The Balaban J connectivity index is 1.14. The second kappa shape index (κ2) is 1.49. The minimum Gasteiger partial charge on any atom is -0.0465 e. The fourth-order valence-corrected chi connectivity index (χ4v) is 10.3. The van der Waals surface area contributed by atoms with E-state index in [9.17, 15) is 0 Å². The van der Waals surface area contributed by atoms with Crippen LogP contribution in [0.4, 0.5) is 0 Å². The van der Waals surface area contributed by atoms with Crippen LogP contribution in [0.1, 0.15) is 70.6 Å². The fourth-order valence-electron chi connectivity index (χ4n) is 10.3. The van der Waals surface area contributed by atoms with Gasteiger partial charge < -0.3 is 0 Å². The zero-order valence-corrected chi connectivity index (χ0v) is 11.8. The smallest absolute Gasteiger partial charge is 0.0161 e. The predicted octanol–water partition coefficient (Wildman–Crippen LogP) is 4.29. The molecule has 9 fully saturated rings. The third kappa shape index (κ3) is 0.452. The Hall–Kier alpha value is 0. The van der Waals surface area contributed by atoms with Gasteiger partial charge in [-0.05, 0) is 114 Å².